The van der Waals surface area contributed by atoms with Crippen molar-refractivity contribution in [2.75, 3.05) is 24.6 Å². The average molecular weight is 483 g/mol. The molecule has 1 N–H and O–H groups in total. The molecule has 3 rings (SSSR count). The van der Waals surface area contributed by atoms with E-state index in [1.165, 1.54) is 12.1 Å². The Labute approximate surface area is 201 Å². The first-order chi connectivity index (χ1) is 16.2. The van der Waals surface area contributed by atoms with Crippen LogP contribution in [0.4, 0.5) is 5.69 Å². The molecule has 7 nitrogen and oxygen atoms in total. The Kier molecular flexibility index (Phi) is 8.17. The zero-order chi connectivity index (χ0) is 24.7. The lowest BCUT2D eigenvalue weighted by atomic mass is 10.1. The molecule has 0 aliphatic heterocycles. The highest BCUT2D eigenvalue weighted by Crippen LogP contribution is 2.26. The molecule has 0 heterocycles. The summed E-state index contributed by atoms with van der Waals surface area (Å²) in [5, 5.41) is 2.83. The van der Waals surface area contributed by atoms with Gasteiger partial charge >= 0.3 is 0 Å². The van der Waals surface area contributed by atoms with Crippen LogP contribution in [0.3, 0.4) is 0 Å². The number of sulfonamides is 1. The number of carbonyl (C=O) groups excluding carboxylic acids is 1. The molecular weight excluding hydrogens is 452 g/mol. The summed E-state index contributed by atoms with van der Waals surface area (Å²) < 4.78 is 38.9. The molecule has 0 saturated heterocycles. The predicted molar refractivity (Wildman–Crippen MR) is 133 cm³/mol. The number of anilines is 1. The monoisotopic (exact) mass is 482 g/mol. The van der Waals surface area contributed by atoms with Crippen LogP contribution in [0.5, 0.6) is 11.5 Å². The molecule has 0 spiro atoms. The van der Waals surface area contributed by atoms with E-state index in [1.54, 1.807) is 68.6 Å². The van der Waals surface area contributed by atoms with Crippen molar-refractivity contribution in [2.24, 2.45) is 0 Å². The minimum Gasteiger partial charge on any atom is -0.497 e. The predicted octanol–water partition coefficient (Wildman–Crippen LogP) is 4.09. The molecule has 0 bridgehead atoms. The lowest BCUT2D eigenvalue weighted by Crippen LogP contribution is -2.45. The highest BCUT2D eigenvalue weighted by Gasteiger charge is 2.27. The summed E-state index contributed by atoms with van der Waals surface area (Å²) in [6.07, 6.45) is 0. The van der Waals surface area contributed by atoms with Crippen LogP contribution in [-0.2, 0) is 14.8 Å². The maximum Gasteiger partial charge on any atom is 0.264 e. The standard InChI is InChI=1S/C26H30N2O5S/c1-19-14-20(2)16-22(15-19)28(34(30,31)25-8-6-5-7-9-25)17-26(29)27-21(3)18-33-24-12-10-23(32-4)11-13-24/h5-16,21H,17-18H2,1-4H3,(H,27,29). The van der Waals surface area contributed by atoms with E-state index in [2.05, 4.69) is 5.32 Å². The molecule has 1 atom stereocenters. The van der Waals surface area contributed by atoms with Crippen LogP contribution in [0.1, 0.15) is 18.1 Å². The molecule has 3 aromatic rings. The zero-order valence-electron chi connectivity index (χ0n) is 19.8. The van der Waals surface area contributed by atoms with Gasteiger partial charge in [-0.15, -0.1) is 0 Å². The second kappa shape index (κ2) is 11.1. The molecule has 34 heavy (non-hydrogen) atoms. The van der Waals surface area contributed by atoms with Gasteiger partial charge in [0.1, 0.15) is 24.7 Å². The number of carbonyl (C=O) groups is 1. The van der Waals surface area contributed by atoms with Crippen molar-refractivity contribution >= 4 is 21.6 Å². The largest absolute Gasteiger partial charge is 0.497 e. The Morgan fingerprint density at radius 1 is 0.941 bits per heavy atom. The highest BCUT2D eigenvalue weighted by atomic mass is 32.2. The normalized spacial score (nSPS) is 12.0. The number of aryl methyl sites for hydroxylation is 2. The van der Waals surface area contributed by atoms with Gasteiger partial charge in [0.25, 0.3) is 10.0 Å². The van der Waals surface area contributed by atoms with Gasteiger partial charge in [0.15, 0.2) is 0 Å². The Bertz CT molecular complexity index is 1190. The first-order valence-electron chi connectivity index (χ1n) is 10.9. The molecular formula is C26H30N2O5S. The van der Waals surface area contributed by atoms with Gasteiger partial charge in [-0.05, 0) is 80.4 Å². The van der Waals surface area contributed by atoms with Crippen molar-refractivity contribution in [3.05, 3.63) is 83.9 Å². The lowest BCUT2D eigenvalue weighted by molar-refractivity contribution is -0.120. The summed E-state index contributed by atoms with van der Waals surface area (Å²) in [6, 6.07) is 20.4. The van der Waals surface area contributed by atoms with Gasteiger partial charge in [-0.3, -0.25) is 9.10 Å². The summed E-state index contributed by atoms with van der Waals surface area (Å²) in [4.78, 5) is 13.0. The third-order valence-electron chi connectivity index (χ3n) is 5.08. The van der Waals surface area contributed by atoms with Crippen LogP contribution in [0.25, 0.3) is 0 Å². The number of ether oxygens (including phenoxy) is 2. The van der Waals surface area contributed by atoms with Crippen LogP contribution < -0.4 is 19.1 Å². The minimum absolute atomic E-state index is 0.123. The fraction of sp³-hybridized carbons (Fsp3) is 0.269. The topological polar surface area (TPSA) is 84.9 Å². The summed E-state index contributed by atoms with van der Waals surface area (Å²) in [5.74, 6) is 0.940. The zero-order valence-corrected chi connectivity index (χ0v) is 20.6. The molecule has 1 unspecified atom stereocenters. The van der Waals surface area contributed by atoms with E-state index in [-0.39, 0.29) is 24.1 Å². The van der Waals surface area contributed by atoms with Crippen LogP contribution in [0.2, 0.25) is 0 Å². The van der Waals surface area contributed by atoms with E-state index in [1.807, 2.05) is 19.9 Å². The van der Waals surface area contributed by atoms with E-state index in [4.69, 9.17) is 9.47 Å². The second-order valence-electron chi connectivity index (χ2n) is 8.13. The third kappa shape index (κ3) is 6.51. The van der Waals surface area contributed by atoms with Gasteiger partial charge in [-0.2, -0.15) is 0 Å². The first kappa shape index (κ1) is 25.1. The quantitative estimate of drug-likeness (QED) is 0.471. The van der Waals surface area contributed by atoms with E-state index in [9.17, 15) is 13.2 Å². The van der Waals surface area contributed by atoms with Crippen LogP contribution in [0, 0.1) is 13.8 Å². The molecule has 8 heteroatoms. The highest BCUT2D eigenvalue weighted by molar-refractivity contribution is 7.92. The number of hydrogen-bond donors (Lipinski definition) is 1. The Hall–Kier alpha value is -3.52. The molecule has 0 aliphatic rings. The van der Waals surface area contributed by atoms with Gasteiger partial charge in [0.05, 0.1) is 23.7 Å². The number of hydrogen-bond acceptors (Lipinski definition) is 5. The SMILES string of the molecule is COc1ccc(OCC(C)NC(=O)CN(c2cc(C)cc(C)c2)S(=O)(=O)c2ccccc2)cc1. The van der Waals surface area contributed by atoms with Gasteiger partial charge in [0, 0.05) is 0 Å². The van der Waals surface area contributed by atoms with E-state index in [0.717, 1.165) is 21.2 Å². The fourth-order valence-corrected chi connectivity index (χ4v) is 4.94. The van der Waals surface area contributed by atoms with Crippen LogP contribution in [0.15, 0.2) is 77.7 Å². The molecule has 180 valence electrons. The lowest BCUT2D eigenvalue weighted by Gasteiger charge is -2.25. The van der Waals surface area contributed by atoms with Crippen molar-refractivity contribution < 1.29 is 22.7 Å². The summed E-state index contributed by atoms with van der Waals surface area (Å²) in [7, 11) is -2.36. The van der Waals surface area contributed by atoms with Gasteiger partial charge in [-0.25, -0.2) is 8.42 Å². The van der Waals surface area contributed by atoms with Gasteiger partial charge in [-0.1, -0.05) is 24.3 Å². The number of benzene rings is 3. The number of nitrogens with zero attached hydrogens (tertiary/aromatic N) is 1. The second-order valence-corrected chi connectivity index (χ2v) is 9.99. The average Bonchev–Trinajstić information content (AvgIpc) is 2.81. The summed E-state index contributed by atoms with van der Waals surface area (Å²) >= 11 is 0. The summed E-state index contributed by atoms with van der Waals surface area (Å²) in [6.45, 7) is 5.46. The van der Waals surface area contributed by atoms with Crippen molar-refractivity contribution in [1.82, 2.24) is 5.32 Å². The third-order valence-corrected chi connectivity index (χ3v) is 6.87. The van der Waals surface area contributed by atoms with Crippen molar-refractivity contribution in [3.63, 3.8) is 0 Å². The molecule has 0 aliphatic carbocycles. The maximum absolute atomic E-state index is 13.5. The van der Waals surface area contributed by atoms with Crippen LogP contribution >= 0.6 is 0 Å². The van der Waals surface area contributed by atoms with Gasteiger partial charge < -0.3 is 14.8 Å². The Morgan fingerprint density at radius 3 is 2.12 bits per heavy atom. The van der Waals surface area contributed by atoms with Crippen molar-refractivity contribution in [3.8, 4) is 11.5 Å². The van der Waals surface area contributed by atoms with Crippen molar-refractivity contribution in [2.45, 2.75) is 31.7 Å². The molecule has 0 saturated carbocycles. The maximum atomic E-state index is 13.5. The Balaban J connectivity index is 1.74. The number of rotatable bonds is 10. The Morgan fingerprint density at radius 2 is 1.53 bits per heavy atom. The smallest absolute Gasteiger partial charge is 0.264 e. The molecule has 0 radical (unpaired) electrons. The fourth-order valence-electron chi connectivity index (χ4n) is 3.52. The number of nitrogens with one attached hydrogen (secondary N) is 1. The molecule has 3 aromatic carbocycles. The number of amides is 1. The first-order valence-corrected chi connectivity index (χ1v) is 12.4. The minimum atomic E-state index is -3.95. The van der Waals surface area contributed by atoms with E-state index < -0.39 is 15.9 Å². The van der Waals surface area contributed by atoms with E-state index in [0.29, 0.717) is 11.4 Å². The van der Waals surface area contributed by atoms with Crippen LogP contribution in [-0.4, -0.2) is 40.6 Å². The molecule has 0 aromatic heterocycles. The molecule has 0 fully saturated rings. The summed E-state index contributed by atoms with van der Waals surface area (Å²) in [5.41, 5.74) is 2.26. The van der Waals surface area contributed by atoms with E-state index >= 15 is 0 Å². The molecule has 1 amide bonds. The number of methoxy groups -OCH3 is 1. The van der Waals surface area contributed by atoms with Crippen molar-refractivity contribution in [1.29, 1.82) is 0 Å². The van der Waals surface area contributed by atoms with Gasteiger partial charge in [0.2, 0.25) is 5.91 Å².